The number of allylic oxidation sites excluding steroid dienone is 1. The van der Waals surface area contributed by atoms with E-state index < -0.39 is 0 Å². The Labute approximate surface area is 107 Å². The van der Waals surface area contributed by atoms with Crippen molar-refractivity contribution in [1.82, 2.24) is 0 Å². The van der Waals surface area contributed by atoms with Crippen LogP contribution in [-0.2, 0) is 0 Å². The summed E-state index contributed by atoms with van der Waals surface area (Å²) in [6, 6.07) is 19.6. The lowest BCUT2D eigenvalue weighted by molar-refractivity contribution is 0.319. The molecule has 1 N–H and O–H groups in total. The van der Waals surface area contributed by atoms with Gasteiger partial charge >= 0.3 is 0 Å². The van der Waals surface area contributed by atoms with Crippen molar-refractivity contribution in [2.24, 2.45) is 5.16 Å². The van der Waals surface area contributed by atoms with Gasteiger partial charge in [0, 0.05) is 5.56 Å². The molecule has 2 heteroatoms. The molecule has 0 saturated heterocycles. The lowest BCUT2D eigenvalue weighted by Crippen LogP contribution is -2.02. The Morgan fingerprint density at radius 3 is 2.06 bits per heavy atom. The molecule has 0 spiro atoms. The van der Waals surface area contributed by atoms with Crippen LogP contribution in [0.15, 0.2) is 71.4 Å². The summed E-state index contributed by atoms with van der Waals surface area (Å²) in [5.41, 5.74) is 3.52. The molecule has 0 amide bonds. The molecule has 0 radical (unpaired) electrons. The van der Waals surface area contributed by atoms with E-state index in [0.29, 0.717) is 5.71 Å². The van der Waals surface area contributed by atoms with Gasteiger partial charge in [0.1, 0.15) is 5.71 Å². The predicted molar refractivity (Wildman–Crippen MR) is 74.9 cm³/mol. The smallest absolute Gasteiger partial charge is 0.112 e. The fraction of sp³-hybridized carbons (Fsp3) is 0.0625. The van der Waals surface area contributed by atoms with Crippen molar-refractivity contribution in [3.05, 3.63) is 77.4 Å². The van der Waals surface area contributed by atoms with Gasteiger partial charge in [0.05, 0.1) is 0 Å². The second-order valence-corrected chi connectivity index (χ2v) is 4.05. The summed E-state index contributed by atoms with van der Waals surface area (Å²) in [6.45, 7) is 1.94. The van der Waals surface area contributed by atoms with Crippen molar-refractivity contribution in [2.45, 2.75) is 6.92 Å². The fourth-order valence-corrected chi connectivity index (χ4v) is 1.83. The molecule has 0 aromatic heterocycles. The Hall–Kier alpha value is -2.35. The van der Waals surface area contributed by atoms with E-state index >= 15 is 0 Å². The highest BCUT2D eigenvalue weighted by atomic mass is 16.4. The minimum Gasteiger partial charge on any atom is -0.410 e. The normalized spacial score (nSPS) is 12.5. The molecule has 0 aliphatic carbocycles. The highest BCUT2D eigenvalue weighted by Crippen LogP contribution is 2.13. The van der Waals surface area contributed by atoms with E-state index in [-0.39, 0.29) is 0 Å². The van der Waals surface area contributed by atoms with Crippen molar-refractivity contribution in [2.75, 3.05) is 0 Å². The third-order valence-electron chi connectivity index (χ3n) is 2.70. The lowest BCUT2D eigenvalue weighted by Gasteiger charge is -2.05. The van der Waals surface area contributed by atoms with Crippen LogP contribution in [0.2, 0.25) is 0 Å². The maximum absolute atomic E-state index is 9.18. The van der Waals surface area contributed by atoms with E-state index in [1.807, 2.05) is 73.7 Å². The van der Waals surface area contributed by atoms with Crippen molar-refractivity contribution in [3.63, 3.8) is 0 Å². The van der Waals surface area contributed by atoms with Crippen LogP contribution in [0, 0.1) is 0 Å². The molecule has 2 nitrogen and oxygen atoms in total. The molecule has 18 heavy (non-hydrogen) atoms. The number of hydrogen-bond donors (Lipinski definition) is 1. The number of rotatable bonds is 3. The third-order valence-corrected chi connectivity index (χ3v) is 2.70. The van der Waals surface area contributed by atoms with Crippen LogP contribution in [-0.4, -0.2) is 10.9 Å². The summed E-state index contributed by atoms with van der Waals surface area (Å²) >= 11 is 0. The lowest BCUT2D eigenvalue weighted by atomic mass is 10.0. The van der Waals surface area contributed by atoms with Crippen LogP contribution in [0.25, 0.3) is 6.08 Å². The summed E-state index contributed by atoms with van der Waals surface area (Å²) in [4.78, 5) is 0. The van der Waals surface area contributed by atoms with Gasteiger partial charge in [-0.3, -0.25) is 0 Å². The largest absolute Gasteiger partial charge is 0.410 e. The standard InChI is InChI=1S/C16H15NO/c1-13(12-14-8-4-2-5-9-14)16(17-18)15-10-6-3-7-11-15/h2-12,18H,1H3/b13-12-,17-16-. The quantitative estimate of drug-likeness (QED) is 0.489. The van der Waals surface area contributed by atoms with Crippen LogP contribution in [0.3, 0.4) is 0 Å². The number of hydrogen-bond acceptors (Lipinski definition) is 2. The highest BCUT2D eigenvalue weighted by Gasteiger charge is 2.05. The summed E-state index contributed by atoms with van der Waals surface area (Å²) < 4.78 is 0. The average Bonchev–Trinajstić information content (AvgIpc) is 2.42. The SMILES string of the molecule is CC(=C/c1ccccc1)/C(=N/O)c1ccccc1. The monoisotopic (exact) mass is 237 g/mol. The van der Waals surface area contributed by atoms with E-state index in [1.54, 1.807) is 0 Å². The molecular formula is C16H15NO. The van der Waals surface area contributed by atoms with Gasteiger partial charge in [-0.25, -0.2) is 0 Å². The van der Waals surface area contributed by atoms with E-state index in [1.165, 1.54) is 0 Å². The summed E-state index contributed by atoms with van der Waals surface area (Å²) in [6.07, 6.45) is 2.00. The van der Waals surface area contributed by atoms with E-state index in [9.17, 15) is 5.21 Å². The molecule has 0 atom stereocenters. The molecule has 0 unspecified atom stereocenters. The van der Waals surface area contributed by atoms with Gasteiger partial charge in [-0.2, -0.15) is 0 Å². The van der Waals surface area contributed by atoms with Crippen LogP contribution in [0.4, 0.5) is 0 Å². The van der Waals surface area contributed by atoms with Crippen LogP contribution >= 0.6 is 0 Å². The molecule has 0 aliphatic rings. The zero-order valence-corrected chi connectivity index (χ0v) is 10.2. The van der Waals surface area contributed by atoms with Gasteiger partial charge in [0.25, 0.3) is 0 Å². The summed E-state index contributed by atoms with van der Waals surface area (Å²) in [5.74, 6) is 0. The molecule has 0 heterocycles. The molecular weight excluding hydrogens is 222 g/mol. The molecule has 0 bridgehead atoms. The second kappa shape index (κ2) is 5.82. The predicted octanol–water partition coefficient (Wildman–Crippen LogP) is 3.97. The summed E-state index contributed by atoms with van der Waals surface area (Å²) in [5, 5.41) is 12.6. The van der Waals surface area contributed by atoms with E-state index in [0.717, 1.165) is 16.7 Å². The Morgan fingerprint density at radius 1 is 0.944 bits per heavy atom. The highest BCUT2D eigenvalue weighted by molar-refractivity contribution is 6.14. The maximum Gasteiger partial charge on any atom is 0.112 e. The zero-order chi connectivity index (χ0) is 12.8. The average molecular weight is 237 g/mol. The Morgan fingerprint density at radius 2 is 1.50 bits per heavy atom. The van der Waals surface area contributed by atoms with Crippen LogP contribution in [0.1, 0.15) is 18.1 Å². The van der Waals surface area contributed by atoms with Crippen molar-refractivity contribution in [3.8, 4) is 0 Å². The molecule has 0 fully saturated rings. The van der Waals surface area contributed by atoms with Gasteiger partial charge in [-0.1, -0.05) is 65.8 Å². The van der Waals surface area contributed by atoms with Gasteiger partial charge in [0.15, 0.2) is 0 Å². The first-order valence-corrected chi connectivity index (χ1v) is 5.82. The number of nitrogens with zero attached hydrogens (tertiary/aromatic N) is 1. The third kappa shape index (κ3) is 2.86. The second-order valence-electron chi connectivity index (χ2n) is 4.05. The molecule has 2 aromatic carbocycles. The molecule has 0 aliphatic heterocycles. The van der Waals surface area contributed by atoms with Gasteiger partial charge < -0.3 is 5.21 Å². The first-order valence-electron chi connectivity index (χ1n) is 5.82. The van der Waals surface area contributed by atoms with Gasteiger partial charge in [0.2, 0.25) is 0 Å². The molecule has 90 valence electrons. The van der Waals surface area contributed by atoms with Gasteiger partial charge in [-0.15, -0.1) is 0 Å². The topological polar surface area (TPSA) is 32.6 Å². The van der Waals surface area contributed by atoms with Gasteiger partial charge in [-0.05, 0) is 24.1 Å². The fourth-order valence-electron chi connectivity index (χ4n) is 1.83. The summed E-state index contributed by atoms with van der Waals surface area (Å²) in [7, 11) is 0. The van der Waals surface area contributed by atoms with Crippen LogP contribution < -0.4 is 0 Å². The molecule has 2 rings (SSSR count). The number of benzene rings is 2. The van der Waals surface area contributed by atoms with Crippen molar-refractivity contribution < 1.29 is 5.21 Å². The molecule has 2 aromatic rings. The Kier molecular flexibility index (Phi) is 3.92. The van der Waals surface area contributed by atoms with Crippen molar-refractivity contribution >= 4 is 11.8 Å². The van der Waals surface area contributed by atoms with Crippen molar-refractivity contribution in [1.29, 1.82) is 0 Å². The minimum atomic E-state index is 0.597. The Balaban J connectivity index is 2.33. The zero-order valence-electron chi connectivity index (χ0n) is 10.2. The number of oxime groups is 1. The minimum absolute atomic E-state index is 0.597. The van der Waals surface area contributed by atoms with E-state index in [2.05, 4.69) is 5.16 Å². The maximum atomic E-state index is 9.18. The first kappa shape index (κ1) is 12.1. The molecule has 0 saturated carbocycles. The first-order chi connectivity index (χ1) is 8.81. The van der Waals surface area contributed by atoms with E-state index in [4.69, 9.17) is 0 Å². The van der Waals surface area contributed by atoms with Crippen LogP contribution in [0.5, 0.6) is 0 Å². The Bertz CT molecular complexity index is 556.